The van der Waals surface area contributed by atoms with E-state index in [1.807, 2.05) is 12.1 Å². The van der Waals surface area contributed by atoms with E-state index in [9.17, 15) is 4.79 Å². The maximum Gasteiger partial charge on any atom is 0.288 e. The van der Waals surface area contributed by atoms with Gasteiger partial charge < -0.3 is 9.15 Å². The summed E-state index contributed by atoms with van der Waals surface area (Å²) in [7, 11) is 0. The molecule has 0 saturated carbocycles. The van der Waals surface area contributed by atoms with Crippen LogP contribution in [-0.2, 0) is 0 Å². The minimum atomic E-state index is -0.0552. The minimum Gasteiger partial charge on any atom is -0.465 e. The van der Waals surface area contributed by atoms with E-state index in [2.05, 4.69) is 6.92 Å². The molecule has 0 saturated heterocycles. The maximum absolute atomic E-state index is 11.8. The largest absolute Gasteiger partial charge is 0.465 e. The molecule has 0 aliphatic carbocycles. The van der Waals surface area contributed by atoms with Gasteiger partial charge in [0, 0.05) is 0 Å². The van der Waals surface area contributed by atoms with E-state index in [-0.39, 0.29) is 17.8 Å². The van der Waals surface area contributed by atoms with Gasteiger partial charge >= 0.3 is 0 Å². The zero-order chi connectivity index (χ0) is 12.8. The van der Waals surface area contributed by atoms with E-state index in [1.165, 1.54) is 18.9 Å². The first-order chi connectivity index (χ1) is 8.81. The third kappa shape index (κ3) is 4.28. The standard InChI is InChI=1S/C15H18O3.ClH/c1-2-3-4-7-10-17-15-11-13(16)12-8-5-6-9-14(12)18-15;/h5-6,8-9,11H,2-4,7,10H2,1H3;1H. The Balaban J connectivity index is 0.00000180. The molecule has 2 rings (SSSR count). The van der Waals surface area contributed by atoms with Crippen LogP contribution in [0.2, 0.25) is 0 Å². The Morgan fingerprint density at radius 1 is 1.16 bits per heavy atom. The number of fused-ring (bicyclic) bond motifs is 1. The molecule has 0 unspecified atom stereocenters. The van der Waals surface area contributed by atoms with E-state index in [0.717, 1.165) is 12.8 Å². The van der Waals surface area contributed by atoms with Crippen molar-refractivity contribution >= 4 is 23.4 Å². The number of hydrogen-bond acceptors (Lipinski definition) is 3. The van der Waals surface area contributed by atoms with Crippen LogP contribution in [0.25, 0.3) is 11.0 Å². The van der Waals surface area contributed by atoms with Gasteiger partial charge in [0.15, 0.2) is 5.43 Å². The Kier molecular flexibility index (Phi) is 6.43. The van der Waals surface area contributed by atoms with Crippen molar-refractivity contribution in [3.8, 4) is 5.95 Å². The molecule has 0 N–H and O–H groups in total. The summed E-state index contributed by atoms with van der Waals surface area (Å²) < 4.78 is 11.0. The monoisotopic (exact) mass is 282 g/mol. The maximum atomic E-state index is 11.8. The first-order valence-electron chi connectivity index (χ1n) is 6.47. The predicted octanol–water partition coefficient (Wildman–Crippen LogP) is 4.17. The van der Waals surface area contributed by atoms with Crippen LogP contribution >= 0.6 is 12.4 Å². The molecule has 1 aromatic carbocycles. The molecule has 104 valence electrons. The quantitative estimate of drug-likeness (QED) is 0.746. The fourth-order valence-electron chi connectivity index (χ4n) is 1.85. The van der Waals surface area contributed by atoms with Crippen molar-refractivity contribution in [2.75, 3.05) is 6.61 Å². The van der Waals surface area contributed by atoms with Crippen LogP contribution in [-0.4, -0.2) is 6.61 Å². The van der Waals surface area contributed by atoms with Crippen molar-refractivity contribution in [1.82, 2.24) is 0 Å². The number of ether oxygens (including phenoxy) is 1. The summed E-state index contributed by atoms with van der Waals surface area (Å²) in [6.45, 7) is 2.77. The van der Waals surface area contributed by atoms with Crippen molar-refractivity contribution in [3.05, 3.63) is 40.6 Å². The highest BCUT2D eigenvalue weighted by Gasteiger charge is 2.04. The van der Waals surface area contributed by atoms with Crippen LogP contribution in [0.5, 0.6) is 5.95 Å². The highest BCUT2D eigenvalue weighted by molar-refractivity contribution is 5.85. The molecule has 3 nitrogen and oxygen atoms in total. The Hall–Kier alpha value is -1.48. The molecule has 19 heavy (non-hydrogen) atoms. The molecule has 0 bridgehead atoms. The molecule has 0 aliphatic heterocycles. The summed E-state index contributed by atoms with van der Waals surface area (Å²) in [5.41, 5.74) is 0.522. The lowest BCUT2D eigenvalue weighted by Crippen LogP contribution is -2.03. The second kappa shape index (κ2) is 7.85. The Labute approximate surface area is 119 Å². The van der Waals surface area contributed by atoms with Crippen molar-refractivity contribution in [1.29, 1.82) is 0 Å². The van der Waals surface area contributed by atoms with Gasteiger partial charge in [0.05, 0.1) is 18.1 Å². The first-order valence-corrected chi connectivity index (χ1v) is 6.47. The van der Waals surface area contributed by atoms with Crippen molar-refractivity contribution in [3.63, 3.8) is 0 Å². The average molecular weight is 283 g/mol. The Bertz CT molecular complexity index is 563. The molecule has 2 aromatic rings. The van der Waals surface area contributed by atoms with Crippen LogP contribution in [0.4, 0.5) is 0 Å². The SMILES string of the molecule is CCCCCCOc1cc(=O)c2ccccc2o1.Cl. The van der Waals surface area contributed by atoms with Crippen LogP contribution in [0.1, 0.15) is 32.6 Å². The van der Waals surface area contributed by atoms with Gasteiger partial charge in [-0.1, -0.05) is 38.3 Å². The number of halogens is 1. The summed E-state index contributed by atoms with van der Waals surface area (Å²) in [4.78, 5) is 11.8. The van der Waals surface area contributed by atoms with Crippen LogP contribution in [0.15, 0.2) is 39.5 Å². The van der Waals surface area contributed by atoms with Gasteiger partial charge in [-0.05, 0) is 18.6 Å². The smallest absolute Gasteiger partial charge is 0.288 e. The third-order valence-corrected chi connectivity index (χ3v) is 2.85. The van der Waals surface area contributed by atoms with Crippen LogP contribution in [0, 0.1) is 0 Å². The highest BCUT2D eigenvalue weighted by atomic mass is 35.5. The lowest BCUT2D eigenvalue weighted by molar-refractivity contribution is 0.239. The van der Waals surface area contributed by atoms with Crippen molar-refractivity contribution in [2.45, 2.75) is 32.6 Å². The lowest BCUT2D eigenvalue weighted by atomic mass is 10.2. The molecule has 0 atom stereocenters. The van der Waals surface area contributed by atoms with Gasteiger partial charge in [-0.2, -0.15) is 0 Å². The molecule has 1 heterocycles. The zero-order valence-electron chi connectivity index (χ0n) is 11.1. The van der Waals surface area contributed by atoms with Crippen LogP contribution < -0.4 is 10.2 Å². The highest BCUT2D eigenvalue weighted by Crippen LogP contribution is 2.17. The van der Waals surface area contributed by atoms with Gasteiger partial charge in [-0.25, -0.2) is 0 Å². The third-order valence-electron chi connectivity index (χ3n) is 2.85. The zero-order valence-corrected chi connectivity index (χ0v) is 11.9. The summed E-state index contributed by atoms with van der Waals surface area (Å²) in [5, 5.41) is 0.593. The molecule has 0 spiro atoms. The molecule has 0 radical (unpaired) electrons. The Morgan fingerprint density at radius 2 is 1.95 bits per heavy atom. The fourth-order valence-corrected chi connectivity index (χ4v) is 1.85. The van der Waals surface area contributed by atoms with E-state index < -0.39 is 0 Å². The first kappa shape index (κ1) is 15.6. The number of para-hydroxylation sites is 1. The summed E-state index contributed by atoms with van der Waals surface area (Å²) in [6, 6.07) is 8.62. The summed E-state index contributed by atoms with van der Waals surface area (Å²) in [5.74, 6) is 0.315. The second-order valence-corrected chi connectivity index (χ2v) is 4.33. The van der Waals surface area contributed by atoms with Gasteiger partial charge in [-0.15, -0.1) is 12.4 Å². The second-order valence-electron chi connectivity index (χ2n) is 4.33. The van der Waals surface area contributed by atoms with Gasteiger partial charge in [0.2, 0.25) is 0 Å². The predicted molar refractivity (Wildman–Crippen MR) is 79.4 cm³/mol. The normalized spacial score (nSPS) is 10.2. The van der Waals surface area contributed by atoms with Gasteiger partial charge in [0.25, 0.3) is 5.95 Å². The number of unbranched alkanes of at least 4 members (excludes halogenated alkanes) is 3. The van der Waals surface area contributed by atoms with E-state index in [4.69, 9.17) is 9.15 Å². The minimum absolute atomic E-state index is 0. The summed E-state index contributed by atoms with van der Waals surface area (Å²) in [6.07, 6.45) is 4.55. The Morgan fingerprint density at radius 3 is 2.74 bits per heavy atom. The van der Waals surface area contributed by atoms with Gasteiger partial charge in [0.1, 0.15) is 5.58 Å². The molecule has 0 aliphatic rings. The molecule has 0 amide bonds. The van der Waals surface area contributed by atoms with E-state index in [0.29, 0.717) is 23.5 Å². The lowest BCUT2D eigenvalue weighted by Gasteiger charge is -2.05. The van der Waals surface area contributed by atoms with Gasteiger partial charge in [-0.3, -0.25) is 4.79 Å². The molecule has 0 fully saturated rings. The molecule has 1 aromatic heterocycles. The summed E-state index contributed by atoms with van der Waals surface area (Å²) >= 11 is 0. The van der Waals surface area contributed by atoms with E-state index >= 15 is 0 Å². The number of hydrogen-bond donors (Lipinski definition) is 0. The number of rotatable bonds is 6. The van der Waals surface area contributed by atoms with Crippen molar-refractivity contribution < 1.29 is 9.15 Å². The molecular formula is C15H19ClO3. The van der Waals surface area contributed by atoms with Crippen molar-refractivity contribution in [2.24, 2.45) is 0 Å². The topological polar surface area (TPSA) is 39.4 Å². The fraction of sp³-hybridized carbons (Fsp3) is 0.400. The number of benzene rings is 1. The molecule has 4 heteroatoms. The van der Waals surface area contributed by atoms with Crippen LogP contribution in [0.3, 0.4) is 0 Å². The van der Waals surface area contributed by atoms with E-state index in [1.54, 1.807) is 12.1 Å². The molecular weight excluding hydrogens is 264 g/mol. The average Bonchev–Trinajstić information content (AvgIpc) is 2.39.